The fraction of sp³-hybridized carbons (Fsp3) is 0.300. The van der Waals surface area contributed by atoms with Crippen molar-refractivity contribution in [3.8, 4) is 0 Å². The molecule has 0 fully saturated rings. The molecule has 3 heterocycles. The molecule has 0 saturated carbocycles. The highest BCUT2D eigenvalue weighted by Gasteiger charge is 2.30. The quantitative estimate of drug-likeness (QED) is 0.694. The fourth-order valence-corrected chi connectivity index (χ4v) is 3.18. The van der Waals surface area contributed by atoms with Crippen LogP contribution >= 0.6 is 0 Å². The molecule has 1 unspecified atom stereocenters. The van der Waals surface area contributed by atoms with Gasteiger partial charge in [0.15, 0.2) is 0 Å². The van der Waals surface area contributed by atoms with Gasteiger partial charge in [0, 0.05) is 36.5 Å². The number of anilines is 1. The van der Waals surface area contributed by atoms with Crippen molar-refractivity contribution in [1.29, 1.82) is 0 Å². The molecular formula is C20H21FN6O2. The highest BCUT2D eigenvalue weighted by molar-refractivity contribution is 6.06. The number of halogens is 1. The van der Waals surface area contributed by atoms with Gasteiger partial charge in [0.1, 0.15) is 5.82 Å². The SMILES string of the molecule is CCn1cc(C2=NOC(C(=O)Nc3cnn(Cc4ccccc4F)c3)C2)c(C)n1. The van der Waals surface area contributed by atoms with E-state index in [1.54, 1.807) is 29.1 Å². The molecule has 0 spiro atoms. The van der Waals surface area contributed by atoms with Crippen LogP contribution in [0.2, 0.25) is 0 Å². The van der Waals surface area contributed by atoms with Gasteiger partial charge in [0.25, 0.3) is 5.91 Å². The predicted molar refractivity (Wildman–Crippen MR) is 105 cm³/mol. The number of amides is 1. The van der Waals surface area contributed by atoms with Gasteiger partial charge in [0.2, 0.25) is 6.10 Å². The molecule has 9 heteroatoms. The Kier molecular flexibility index (Phi) is 5.11. The van der Waals surface area contributed by atoms with Crippen molar-refractivity contribution in [1.82, 2.24) is 19.6 Å². The zero-order valence-corrected chi connectivity index (χ0v) is 16.2. The van der Waals surface area contributed by atoms with Crippen LogP contribution in [0.25, 0.3) is 0 Å². The van der Waals surface area contributed by atoms with Gasteiger partial charge in [-0.15, -0.1) is 0 Å². The monoisotopic (exact) mass is 396 g/mol. The summed E-state index contributed by atoms with van der Waals surface area (Å²) in [6.45, 7) is 4.94. The van der Waals surface area contributed by atoms with Gasteiger partial charge in [-0.2, -0.15) is 10.2 Å². The lowest BCUT2D eigenvalue weighted by molar-refractivity contribution is -0.125. The van der Waals surface area contributed by atoms with Crippen molar-refractivity contribution in [3.63, 3.8) is 0 Å². The number of nitrogens with zero attached hydrogens (tertiary/aromatic N) is 5. The minimum atomic E-state index is -0.718. The Labute approximate surface area is 167 Å². The third-order valence-electron chi connectivity index (χ3n) is 4.73. The third-order valence-corrected chi connectivity index (χ3v) is 4.73. The average molecular weight is 396 g/mol. The van der Waals surface area contributed by atoms with Crippen molar-refractivity contribution in [3.05, 3.63) is 65.5 Å². The Morgan fingerprint density at radius 2 is 2.14 bits per heavy atom. The van der Waals surface area contributed by atoms with Crippen LogP contribution in [0, 0.1) is 12.7 Å². The number of hydrogen-bond acceptors (Lipinski definition) is 5. The number of aromatic nitrogens is 4. The highest BCUT2D eigenvalue weighted by Crippen LogP contribution is 2.20. The summed E-state index contributed by atoms with van der Waals surface area (Å²) in [6, 6.07) is 6.51. The number of carbonyl (C=O) groups is 1. The molecule has 29 heavy (non-hydrogen) atoms. The van der Waals surface area contributed by atoms with Crippen molar-refractivity contribution < 1.29 is 14.0 Å². The Bertz CT molecular complexity index is 1070. The van der Waals surface area contributed by atoms with Gasteiger partial charge in [-0.3, -0.25) is 14.2 Å². The standard InChI is InChI=1S/C20H21FN6O2/c1-3-26-12-16(13(2)24-26)18-8-19(29-25-18)20(28)23-15-9-22-27(11-15)10-14-6-4-5-7-17(14)21/h4-7,9,11-12,19H,3,8,10H2,1-2H3,(H,23,28). The van der Waals surface area contributed by atoms with E-state index in [-0.39, 0.29) is 18.3 Å². The summed E-state index contributed by atoms with van der Waals surface area (Å²) >= 11 is 0. The normalized spacial score (nSPS) is 15.8. The molecule has 1 aliphatic rings. The highest BCUT2D eigenvalue weighted by atomic mass is 19.1. The number of rotatable bonds is 6. The van der Waals surface area contributed by atoms with Gasteiger partial charge in [-0.25, -0.2) is 4.39 Å². The first-order chi connectivity index (χ1) is 14.0. The number of hydrogen-bond donors (Lipinski definition) is 1. The van der Waals surface area contributed by atoms with Crippen LogP contribution in [0.15, 0.2) is 48.0 Å². The van der Waals surface area contributed by atoms with Crippen LogP contribution in [0.4, 0.5) is 10.1 Å². The van der Waals surface area contributed by atoms with E-state index >= 15 is 0 Å². The Balaban J connectivity index is 1.36. The molecular weight excluding hydrogens is 375 g/mol. The van der Waals surface area contributed by atoms with Gasteiger partial charge in [-0.1, -0.05) is 23.4 Å². The zero-order chi connectivity index (χ0) is 20.4. The maximum atomic E-state index is 13.8. The lowest BCUT2D eigenvalue weighted by Gasteiger charge is -2.07. The molecule has 1 aromatic carbocycles. The Morgan fingerprint density at radius 1 is 1.31 bits per heavy atom. The maximum absolute atomic E-state index is 13.8. The number of nitrogens with one attached hydrogen (secondary N) is 1. The molecule has 2 aromatic heterocycles. The number of carbonyl (C=O) groups excluding carboxylic acids is 1. The predicted octanol–water partition coefficient (Wildman–Crippen LogP) is 2.73. The van der Waals surface area contributed by atoms with Gasteiger partial charge in [0.05, 0.1) is 29.8 Å². The van der Waals surface area contributed by atoms with Crippen LogP contribution in [-0.2, 0) is 22.7 Å². The second-order valence-corrected chi connectivity index (χ2v) is 6.83. The molecule has 0 saturated heterocycles. The van der Waals surface area contributed by atoms with Crippen molar-refractivity contribution in [2.75, 3.05) is 5.32 Å². The van der Waals surface area contributed by atoms with E-state index in [4.69, 9.17) is 4.84 Å². The first-order valence-electron chi connectivity index (χ1n) is 9.37. The van der Waals surface area contributed by atoms with Crippen LogP contribution < -0.4 is 5.32 Å². The van der Waals surface area contributed by atoms with E-state index in [9.17, 15) is 9.18 Å². The summed E-state index contributed by atoms with van der Waals surface area (Å²) in [5.41, 5.74) is 3.48. The summed E-state index contributed by atoms with van der Waals surface area (Å²) in [7, 11) is 0. The topological polar surface area (TPSA) is 86.3 Å². The van der Waals surface area contributed by atoms with Crippen molar-refractivity contribution >= 4 is 17.3 Å². The molecule has 150 valence electrons. The summed E-state index contributed by atoms with van der Waals surface area (Å²) in [4.78, 5) is 17.9. The van der Waals surface area contributed by atoms with Crippen molar-refractivity contribution in [2.24, 2.45) is 5.16 Å². The largest absolute Gasteiger partial charge is 0.382 e. The molecule has 4 rings (SSSR count). The van der Waals surface area contributed by atoms with Crippen LogP contribution in [-0.4, -0.2) is 37.3 Å². The van der Waals surface area contributed by atoms with E-state index in [1.165, 1.54) is 12.3 Å². The van der Waals surface area contributed by atoms with Gasteiger partial charge >= 0.3 is 0 Å². The van der Waals surface area contributed by atoms with E-state index in [0.717, 1.165) is 17.8 Å². The van der Waals surface area contributed by atoms with Crippen LogP contribution in [0.5, 0.6) is 0 Å². The molecule has 1 amide bonds. The summed E-state index contributed by atoms with van der Waals surface area (Å²) in [5, 5.41) is 15.4. The molecule has 1 N–H and O–H groups in total. The van der Waals surface area contributed by atoms with Crippen LogP contribution in [0.3, 0.4) is 0 Å². The third kappa shape index (κ3) is 4.03. The minimum Gasteiger partial charge on any atom is -0.382 e. The molecule has 0 aliphatic carbocycles. The summed E-state index contributed by atoms with van der Waals surface area (Å²) in [6.07, 6.45) is 4.72. The molecule has 8 nitrogen and oxygen atoms in total. The van der Waals surface area contributed by atoms with Crippen LogP contribution in [0.1, 0.15) is 30.2 Å². The first kappa shape index (κ1) is 18.9. The molecule has 1 aliphatic heterocycles. The summed E-state index contributed by atoms with van der Waals surface area (Å²) < 4.78 is 17.2. The number of aryl methyl sites for hydroxylation is 2. The lowest BCUT2D eigenvalue weighted by Crippen LogP contribution is -2.27. The van der Waals surface area contributed by atoms with E-state index in [1.807, 2.05) is 24.7 Å². The summed E-state index contributed by atoms with van der Waals surface area (Å²) in [5.74, 6) is -0.603. The van der Waals surface area contributed by atoms with Gasteiger partial charge in [-0.05, 0) is 19.9 Å². The fourth-order valence-electron chi connectivity index (χ4n) is 3.18. The Morgan fingerprint density at radius 3 is 2.90 bits per heavy atom. The van der Waals surface area contributed by atoms with Crippen molar-refractivity contribution in [2.45, 2.75) is 39.5 Å². The molecule has 0 radical (unpaired) electrons. The molecule has 3 aromatic rings. The molecule has 0 bridgehead atoms. The number of oxime groups is 1. The minimum absolute atomic E-state index is 0.274. The first-order valence-corrected chi connectivity index (χ1v) is 9.37. The van der Waals surface area contributed by atoms with Gasteiger partial charge < -0.3 is 10.2 Å². The van der Waals surface area contributed by atoms with E-state index < -0.39 is 6.10 Å². The zero-order valence-electron chi connectivity index (χ0n) is 16.2. The second kappa shape index (κ2) is 7.86. The number of benzene rings is 1. The van der Waals surface area contributed by atoms with E-state index in [0.29, 0.717) is 23.4 Å². The molecule has 1 atom stereocenters. The smallest absolute Gasteiger partial charge is 0.268 e. The maximum Gasteiger partial charge on any atom is 0.268 e. The Hall–Kier alpha value is -3.49. The lowest BCUT2D eigenvalue weighted by atomic mass is 10.1. The van der Waals surface area contributed by atoms with E-state index in [2.05, 4.69) is 20.7 Å². The second-order valence-electron chi connectivity index (χ2n) is 6.83. The average Bonchev–Trinajstić information content (AvgIpc) is 3.43.